The van der Waals surface area contributed by atoms with Crippen molar-refractivity contribution in [1.82, 2.24) is 9.78 Å². The molecule has 0 atom stereocenters. The number of nitrogens with two attached hydrogens (primary N) is 1. The van der Waals surface area contributed by atoms with Crippen molar-refractivity contribution >= 4 is 5.97 Å². The average Bonchev–Trinajstić information content (AvgIpc) is 2.86. The van der Waals surface area contributed by atoms with E-state index >= 15 is 0 Å². The predicted molar refractivity (Wildman–Crippen MR) is 89.5 cm³/mol. The number of aromatic nitrogens is 2. The average molecular weight is 329 g/mol. The van der Waals surface area contributed by atoms with Crippen LogP contribution in [-0.2, 0) is 30.8 Å². The normalized spacial score (nSPS) is 16.0. The molecule has 3 N–H and O–H groups in total. The van der Waals surface area contributed by atoms with Gasteiger partial charge in [0.05, 0.1) is 13.2 Å². The summed E-state index contributed by atoms with van der Waals surface area (Å²) in [6.45, 7) is 5.19. The van der Waals surface area contributed by atoms with Gasteiger partial charge in [-0.1, -0.05) is 38.1 Å². The van der Waals surface area contributed by atoms with Gasteiger partial charge in [-0.25, -0.2) is 10.7 Å². The fourth-order valence-electron chi connectivity index (χ4n) is 3.43. The summed E-state index contributed by atoms with van der Waals surface area (Å²) < 4.78 is 1.84. The van der Waals surface area contributed by atoms with Gasteiger partial charge in [0.25, 0.3) is 0 Å². The summed E-state index contributed by atoms with van der Waals surface area (Å²) >= 11 is 0. The molecular weight excluding hydrogens is 306 g/mol. The van der Waals surface area contributed by atoms with Crippen LogP contribution in [0.4, 0.5) is 0 Å². The van der Waals surface area contributed by atoms with Crippen LogP contribution in [0.5, 0.6) is 0 Å². The number of benzene rings is 1. The van der Waals surface area contributed by atoms with Crippen molar-refractivity contribution in [3.63, 3.8) is 0 Å². The van der Waals surface area contributed by atoms with E-state index in [1.807, 2.05) is 28.9 Å². The van der Waals surface area contributed by atoms with E-state index in [-0.39, 0.29) is 11.1 Å². The number of carboxylic acids is 1. The van der Waals surface area contributed by atoms with Crippen LogP contribution in [0, 0.1) is 5.41 Å². The van der Waals surface area contributed by atoms with Gasteiger partial charge < -0.3 is 5.11 Å². The second-order valence-electron chi connectivity index (χ2n) is 7.16. The largest absolute Gasteiger partial charge is 0.476 e. The molecule has 0 aliphatic heterocycles. The van der Waals surface area contributed by atoms with Crippen molar-refractivity contribution in [2.45, 2.75) is 46.3 Å². The highest BCUT2D eigenvalue weighted by Gasteiger charge is 2.33. The predicted octanol–water partition coefficient (Wildman–Crippen LogP) is 2.53. The Bertz CT molecular complexity index is 765. The minimum absolute atomic E-state index is 0.108. The summed E-state index contributed by atoms with van der Waals surface area (Å²) in [5, 5.41) is 13.9. The van der Waals surface area contributed by atoms with Crippen LogP contribution in [0.3, 0.4) is 0 Å². The molecule has 6 heteroatoms. The molecular formula is C18H23N3O3. The molecule has 2 aromatic rings. The fraction of sp³-hybridized carbons (Fsp3) is 0.444. The van der Waals surface area contributed by atoms with Gasteiger partial charge >= 0.3 is 5.97 Å². The second kappa shape index (κ2) is 6.37. The maximum absolute atomic E-state index is 11.6. The maximum Gasteiger partial charge on any atom is 0.356 e. The van der Waals surface area contributed by atoms with Crippen molar-refractivity contribution in [2.24, 2.45) is 11.3 Å². The van der Waals surface area contributed by atoms with Crippen molar-refractivity contribution in [3.8, 4) is 0 Å². The number of hydrogen-bond acceptors (Lipinski definition) is 4. The highest BCUT2D eigenvalue weighted by atomic mass is 16.6. The monoisotopic (exact) mass is 329 g/mol. The van der Waals surface area contributed by atoms with Gasteiger partial charge in [0.15, 0.2) is 5.69 Å². The molecule has 24 heavy (non-hydrogen) atoms. The summed E-state index contributed by atoms with van der Waals surface area (Å²) in [5.74, 6) is 4.25. The first kappa shape index (κ1) is 16.7. The SMILES string of the molecule is CC1(C)CCc2c(c(C(=O)O)nn2Cc2ccccc2CON)C1. The third-order valence-electron chi connectivity index (χ3n) is 4.74. The van der Waals surface area contributed by atoms with Crippen molar-refractivity contribution < 1.29 is 14.7 Å². The van der Waals surface area contributed by atoms with Crippen molar-refractivity contribution in [3.05, 3.63) is 52.3 Å². The third-order valence-corrected chi connectivity index (χ3v) is 4.74. The van der Waals surface area contributed by atoms with Crippen LogP contribution in [0.1, 0.15) is 53.1 Å². The Morgan fingerprint density at radius 3 is 2.75 bits per heavy atom. The summed E-state index contributed by atoms with van der Waals surface area (Å²) in [6.07, 6.45) is 2.62. The molecule has 1 aliphatic rings. The standard InChI is InChI=1S/C18H23N3O3/c1-18(2)8-7-15-14(9-18)16(17(22)23)20-21(15)10-12-5-3-4-6-13(12)11-24-19/h3-6H,7-11,19H2,1-2H3,(H,22,23). The lowest BCUT2D eigenvalue weighted by molar-refractivity contribution is 0.0687. The Kier molecular flexibility index (Phi) is 4.43. The van der Waals surface area contributed by atoms with Crippen LogP contribution in [0.2, 0.25) is 0 Å². The first-order valence-electron chi connectivity index (χ1n) is 8.11. The maximum atomic E-state index is 11.6. The molecule has 1 heterocycles. The Hall–Kier alpha value is -2.18. The Morgan fingerprint density at radius 2 is 2.08 bits per heavy atom. The van der Waals surface area contributed by atoms with Crippen molar-refractivity contribution in [2.75, 3.05) is 0 Å². The Morgan fingerprint density at radius 1 is 1.38 bits per heavy atom. The quantitative estimate of drug-likeness (QED) is 0.823. The van der Waals surface area contributed by atoms with Gasteiger partial charge in [0, 0.05) is 11.3 Å². The number of hydrogen-bond donors (Lipinski definition) is 2. The molecule has 0 bridgehead atoms. The Balaban J connectivity index is 2.00. The van der Waals surface area contributed by atoms with E-state index in [9.17, 15) is 9.90 Å². The van der Waals surface area contributed by atoms with E-state index in [2.05, 4.69) is 18.9 Å². The zero-order chi connectivity index (χ0) is 17.3. The lowest BCUT2D eigenvalue weighted by Gasteiger charge is -2.30. The highest BCUT2D eigenvalue weighted by molar-refractivity contribution is 5.87. The van der Waals surface area contributed by atoms with Crippen LogP contribution in [0.25, 0.3) is 0 Å². The van der Waals surface area contributed by atoms with Crippen LogP contribution in [-0.4, -0.2) is 20.9 Å². The smallest absolute Gasteiger partial charge is 0.356 e. The molecule has 1 aromatic heterocycles. The molecule has 0 saturated carbocycles. The first-order chi connectivity index (χ1) is 11.4. The van der Waals surface area contributed by atoms with Gasteiger partial charge in [-0.15, -0.1) is 0 Å². The van der Waals surface area contributed by atoms with Crippen LogP contribution in [0.15, 0.2) is 24.3 Å². The summed E-state index contributed by atoms with van der Waals surface area (Å²) in [4.78, 5) is 16.4. The van der Waals surface area contributed by atoms with E-state index < -0.39 is 5.97 Å². The first-order valence-corrected chi connectivity index (χ1v) is 8.11. The summed E-state index contributed by atoms with van der Waals surface area (Å²) in [7, 11) is 0. The number of carboxylic acid groups (broad SMARTS) is 1. The fourth-order valence-corrected chi connectivity index (χ4v) is 3.43. The summed E-state index contributed by atoms with van der Waals surface area (Å²) in [6, 6.07) is 7.84. The van der Waals surface area contributed by atoms with E-state index in [1.54, 1.807) is 0 Å². The van der Waals surface area contributed by atoms with Gasteiger partial charge in [-0.2, -0.15) is 5.10 Å². The molecule has 128 valence electrons. The number of aromatic carboxylic acids is 1. The molecule has 0 unspecified atom stereocenters. The molecule has 0 saturated heterocycles. The van der Waals surface area contributed by atoms with Gasteiger partial charge in [-0.05, 0) is 35.8 Å². The lowest BCUT2D eigenvalue weighted by atomic mass is 9.76. The van der Waals surface area contributed by atoms with Gasteiger partial charge in [0.1, 0.15) is 0 Å². The number of nitrogens with zero attached hydrogens (tertiary/aromatic N) is 2. The minimum atomic E-state index is -0.957. The zero-order valence-corrected chi connectivity index (χ0v) is 14.1. The highest BCUT2D eigenvalue weighted by Crippen LogP contribution is 2.36. The van der Waals surface area contributed by atoms with E-state index in [1.165, 1.54) is 0 Å². The molecule has 0 amide bonds. The third kappa shape index (κ3) is 3.20. The van der Waals surface area contributed by atoms with Crippen LogP contribution < -0.4 is 5.90 Å². The number of rotatable bonds is 5. The molecule has 1 aliphatic carbocycles. The van der Waals surface area contributed by atoms with E-state index in [0.29, 0.717) is 13.2 Å². The van der Waals surface area contributed by atoms with Gasteiger partial charge in [-0.3, -0.25) is 9.52 Å². The zero-order valence-electron chi connectivity index (χ0n) is 14.1. The summed E-state index contributed by atoms with van der Waals surface area (Å²) in [5.41, 5.74) is 4.23. The molecule has 0 radical (unpaired) electrons. The molecule has 1 aromatic carbocycles. The van der Waals surface area contributed by atoms with Crippen molar-refractivity contribution in [1.29, 1.82) is 0 Å². The number of carbonyl (C=O) groups is 1. The van der Waals surface area contributed by atoms with E-state index in [4.69, 9.17) is 10.7 Å². The molecule has 0 fully saturated rings. The van der Waals surface area contributed by atoms with E-state index in [0.717, 1.165) is 41.6 Å². The topological polar surface area (TPSA) is 90.4 Å². The molecule has 6 nitrogen and oxygen atoms in total. The Labute approximate surface area is 141 Å². The number of fused-ring (bicyclic) bond motifs is 1. The second-order valence-corrected chi connectivity index (χ2v) is 7.16. The van der Waals surface area contributed by atoms with Crippen LogP contribution >= 0.6 is 0 Å². The lowest BCUT2D eigenvalue weighted by Crippen LogP contribution is -2.24. The minimum Gasteiger partial charge on any atom is -0.476 e. The molecule has 0 spiro atoms. The molecule has 3 rings (SSSR count). The van der Waals surface area contributed by atoms with Gasteiger partial charge in [0.2, 0.25) is 0 Å².